The molecule has 8 heteroatoms. The molecule has 3 rings (SSSR count). The van der Waals surface area contributed by atoms with Crippen molar-refractivity contribution in [3.05, 3.63) is 30.1 Å². The predicted molar refractivity (Wildman–Crippen MR) is 105 cm³/mol. The minimum absolute atomic E-state index is 0. The zero-order chi connectivity index (χ0) is 15.7. The van der Waals surface area contributed by atoms with Crippen LogP contribution in [0.15, 0.2) is 24.3 Å². The summed E-state index contributed by atoms with van der Waals surface area (Å²) in [6, 6.07) is 8.19. The monoisotopic (exact) mass is 390 g/mol. The number of imidazole rings is 1. The van der Waals surface area contributed by atoms with Crippen LogP contribution in [0.2, 0.25) is 0 Å². The summed E-state index contributed by atoms with van der Waals surface area (Å²) in [5, 5.41) is 6.30. The Labute approximate surface area is 159 Å². The molecule has 5 nitrogen and oxygen atoms in total. The maximum absolute atomic E-state index is 12.3. The van der Waals surface area contributed by atoms with Gasteiger partial charge < -0.3 is 9.88 Å². The van der Waals surface area contributed by atoms with Crippen molar-refractivity contribution in [2.45, 2.75) is 38.9 Å². The minimum Gasteiger partial charge on any atom is -0.345 e. The molecule has 134 valence electrons. The van der Waals surface area contributed by atoms with Crippen LogP contribution in [0.4, 0.5) is 0 Å². The van der Waals surface area contributed by atoms with Gasteiger partial charge in [-0.3, -0.25) is 10.1 Å². The van der Waals surface area contributed by atoms with E-state index in [1.807, 2.05) is 25.1 Å². The normalized spacial score (nSPS) is 18.1. The molecular formula is C16H24Cl2N4OS. The van der Waals surface area contributed by atoms with E-state index in [9.17, 15) is 4.79 Å². The second-order valence-electron chi connectivity index (χ2n) is 5.92. The summed E-state index contributed by atoms with van der Waals surface area (Å²) in [6.07, 6.45) is 0. The van der Waals surface area contributed by atoms with E-state index < -0.39 is 0 Å². The third-order valence-corrected chi connectivity index (χ3v) is 4.86. The zero-order valence-electron chi connectivity index (χ0n) is 14.0. The first-order valence-corrected chi connectivity index (χ1v) is 8.81. The molecule has 1 aromatic carbocycles. The molecule has 1 aliphatic heterocycles. The predicted octanol–water partition coefficient (Wildman–Crippen LogP) is 3.30. The van der Waals surface area contributed by atoms with Crippen molar-refractivity contribution in [2.24, 2.45) is 0 Å². The summed E-state index contributed by atoms with van der Waals surface area (Å²) in [6.45, 7) is 6.28. The minimum atomic E-state index is -0.116. The smallest absolute Gasteiger partial charge is 0.238 e. The van der Waals surface area contributed by atoms with Crippen LogP contribution in [0.25, 0.3) is 11.0 Å². The van der Waals surface area contributed by atoms with Crippen LogP contribution in [0.5, 0.6) is 0 Å². The molecule has 0 radical (unpaired) electrons. The first-order chi connectivity index (χ1) is 10.6. The van der Waals surface area contributed by atoms with Crippen LogP contribution in [0, 0.1) is 0 Å². The second-order valence-corrected chi connectivity index (χ2v) is 6.95. The summed E-state index contributed by atoms with van der Waals surface area (Å²) in [5.74, 6) is 2.64. The highest BCUT2D eigenvalue weighted by Gasteiger charge is 2.26. The molecule has 1 saturated heterocycles. The molecule has 2 N–H and O–H groups in total. The van der Waals surface area contributed by atoms with Crippen LogP contribution >= 0.6 is 36.6 Å². The van der Waals surface area contributed by atoms with Crippen LogP contribution in [0.1, 0.15) is 38.7 Å². The SMILES string of the molecule is CC(NC(=O)[C@H]1CSCN1)c1nc2ccccc2n1C(C)C.Cl.Cl. The molecule has 2 aromatic rings. The Morgan fingerprint density at radius 1 is 1.33 bits per heavy atom. The van der Waals surface area contributed by atoms with Gasteiger partial charge in [-0.1, -0.05) is 12.1 Å². The number of thioether (sulfide) groups is 1. The Morgan fingerprint density at radius 3 is 2.67 bits per heavy atom. The molecule has 1 fully saturated rings. The van der Waals surface area contributed by atoms with Gasteiger partial charge in [-0.25, -0.2) is 4.98 Å². The van der Waals surface area contributed by atoms with E-state index >= 15 is 0 Å². The summed E-state index contributed by atoms with van der Waals surface area (Å²) in [4.78, 5) is 17.0. The fourth-order valence-electron chi connectivity index (χ4n) is 2.85. The molecule has 1 aromatic heterocycles. The highest BCUT2D eigenvalue weighted by molar-refractivity contribution is 7.99. The Morgan fingerprint density at radius 2 is 2.04 bits per heavy atom. The van der Waals surface area contributed by atoms with Gasteiger partial charge in [0, 0.05) is 17.7 Å². The third kappa shape index (κ3) is 4.17. The van der Waals surface area contributed by atoms with Crippen molar-refractivity contribution in [3.8, 4) is 0 Å². The van der Waals surface area contributed by atoms with Gasteiger partial charge in [0.05, 0.1) is 23.1 Å². The number of hydrogen-bond donors (Lipinski definition) is 2. The number of halogens is 2. The lowest BCUT2D eigenvalue weighted by molar-refractivity contribution is -0.123. The van der Waals surface area contributed by atoms with Crippen molar-refractivity contribution < 1.29 is 4.79 Å². The van der Waals surface area contributed by atoms with E-state index in [0.29, 0.717) is 6.04 Å². The maximum atomic E-state index is 12.3. The topological polar surface area (TPSA) is 59.0 Å². The second kappa shape index (κ2) is 8.94. The Balaban J connectivity index is 0.00000144. The lowest BCUT2D eigenvalue weighted by Crippen LogP contribution is -2.43. The summed E-state index contributed by atoms with van der Waals surface area (Å²) >= 11 is 1.75. The number of amides is 1. The molecule has 24 heavy (non-hydrogen) atoms. The lowest BCUT2D eigenvalue weighted by atomic mass is 10.2. The number of benzene rings is 1. The largest absolute Gasteiger partial charge is 0.345 e. The van der Waals surface area contributed by atoms with Crippen molar-refractivity contribution in [1.29, 1.82) is 0 Å². The average Bonchev–Trinajstić information content (AvgIpc) is 3.14. The number of rotatable bonds is 4. The molecule has 0 spiro atoms. The number of aromatic nitrogens is 2. The van der Waals surface area contributed by atoms with E-state index in [2.05, 4.69) is 35.1 Å². The first-order valence-electron chi connectivity index (χ1n) is 7.66. The zero-order valence-corrected chi connectivity index (χ0v) is 16.4. The van der Waals surface area contributed by atoms with Gasteiger partial charge in [0.1, 0.15) is 5.82 Å². The summed E-state index contributed by atoms with van der Waals surface area (Å²) in [5.41, 5.74) is 2.09. The number of hydrogen-bond acceptors (Lipinski definition) is 4. The van der Waals surface area contributed by atoms with Gasteiger partial charge >= 0.3 is 0 Å². The number of para-hydroxylation sites is 2. The average molecular weight is 391 g/mol. The van der Waals surface area contributed by atoms with E-state index in [1.54, 1.807) is 11.8 Å². The third-order valence-electron chi connectivity index (χ3n) is 3.92. The van der Waals surface area contributed by atoms with Crippen LogP contribution in [-0.2, 0) is 4.79 Å². The lowest BCUT2D eigenvalue weighted by Gasteiger charge is -2.20. The van der Waals surface area contributed by atoms with Gasteiger partial charge in [0.25, 0.3) is 0 Å². The Hall–Kier alpha value is -0.950. The van der Waals surface area contributed by atoms with Gasteiger partial charge in [-0.05, 0) is 32.9 Å². The number of nitrogens with one attached hydrogen (secondary N) is 2. The van der Waals surface area contributed by atoms with Gasteiger partial charge in [-0.2, -0.15) is 0 Å². The van der Waals surface area contributed by atoms with Crippen molar-refractivity contribution in [2.75, 3.05) is 11.6 Å². The Kier molecular flexibility index (Phi) is 7.86. The fourth-order valence-corrected chi connectivity index (χ4v) is 3.80. The quantitative estimate of drug-likeness (QED) is 0.840. The molecule has 0 bridgehead atoms. The molecule has 0 saturated carbocycles. The van der Waals surface area contributed by atoms with E-state index in [4.69, 9.17) is 4.98 Å². The highest BCUT2D eigenvalue weighted by Crippen LogP contribution is 2.25. The molecule has 1 amide bonds. The summed E-state index contributed by atoms with van der Waals surface area (Å²) < 4.78 is 2.21. The maximum Gasteiger partial charge on any atom is 0.238 e. The van der Waals surface area contributed by atoms with Crippen molar-refractivity contribution >= 4 is 53.5 Å². The van der Waals surface area contributed by atoms with Crippen LogP contribution < -0.4 is 10.6 Å². The first kappa shape index (κ1) is 21.1. The molecular weight excluding hydrogens is 367 g/mol. The van der Waals surface area contributed by atoms with E-state index in [1.165, 1.54) is 0 Å². The number of nitrogens with zero attached hydrogens (tertiary/aromatic N) is 2. The van der Waals surface area contributed by atoms with Gasteiger partial charge in [0.2, 0.25) is 5.91 Å². The van der Waals surface area contributed by atoms with Crippen LogP contribution in [-0.4, -0.2) is 33.1 Å². The van der Waals surface area contributed by atoms with Gasteiger partial charge in [0.15, 0.2) is 0 Å². The van der Waals surface area contributed by atoms with Crippen molar-refractivity contribution in [3.63, 3.8) is 0 Å². The molecule has 2 heterocycles. The molecule has 1 unspecified atom stereocenters. The molecule has 2 atom stereocenters. The standard InChI is InChI=1S/C16H22N4OS.2ClH/c1-10(2)20-14-7-5-4-6-12(14)19-15(20)11(3)18-16(21)13-8-22-9-17-13;;/h4-7,10-11,13,17H,8-9H2,1-3H3,(H,18,21);2*1H/t11?,13-;;/m1../s1. The summed E-state index contributed by atoms with van der Waals surface area (Å²) in [7, 11) is 0. The number of carbonyl (C=O) groups is 1. The van der Waals surface area contributed by atoms with Crippen molar-refractivity contribution in [1.82, 2.24) is 20.2 Å². The number of carbonyl (C=O) groups excluding carboxylic acids is 1. The van der Waals surface area contributed by atoms with E-state index in [-0.39, 0.29) is 42.8 Å². The fraction of sp³-hybridized carbons (Fsp3) is 0.500. The number of fused-ring (bicyclic) bond motifs is 1. The Bertz CT molecular complexity index is 686. The highest BCUT2D eigenvalue weighted by atomic mass is 35.5. The molecule has 1 aliphatic rings. The van der Waals surface area contributed by atoms with Crippen LogP contribution in [0.3, 0.4) is 0 Å². The molecule has 0 aliphatic carbocycles. The van der Waals surface area contributed by atoms with Gasteiger partial charge in [-0.15, -0.1) is 36.6 Å². The van der Waals surface area contributed by atoms with E-state index in [0.717, 1.165) is 28.5 Å².